The van der Waals surface area contributed by atoms with Crippen LogP contribution < -0.4 is 0 Å². The van der Waals surface area contributed by atoms with Crippen molar-refractivity contribution in [2.75, 3.05) is 0 Å². The third-order valence-electron chi connectivity index (χ3n) is 2.08. The monoisotopic (exact) mass is 284 g/mol. The molecule has 2 heterocycles. The van der Waals surface area contributed by atoms with Crippen LogP contribution in [0.4, 0.5) is 0 Å². The highest BCUT2D eigenvalue weighted by atomic mass is 79.9. The van der Waals surface area contributed by atoms with Gasteiger partial charge in [0.15, 0.2) is 5.78 Å². The summed E-state index contributed by atoms with van der Waals surface area (Å²) in [6, 6.07) is 1.84. The lowest BCUT2D eigenvalue weighted by Gasteiger charge is -1.98. The van der Waals surface area contributed by atoms with Gasteiger partial charge in [0.1, 0.15) is 5.82 Å². The van der Waals surface area contributed by atoms with Crippen molar-refractivity contribution in [3.05, 3.63) is 39.0 Å². The van der Waals surface area contributed by atoms with E-state index in [1.54, 1.807) is 6.20 Å². The largest absolute Gasteiger partial charge is 0.338 e. The van der Waals surface area contributed by atoms with Crippen molar-refractivity contribution >= 4 is 33.0 Å². The third-order valence-corrected chi connectivity index (χ3v) is 3.81. The van der Waals surface area contributed by atoms with E-state index in [2.05, 4.69) is 20.9 Å². The molecule has 2 rings (SSSR count). The first-order chi connectivity index (χ1) is 7.16. The van der Waals surface area contributed by atoms with Crippen LogP contribution in [-0.4, -0.2) is 15.3 Å². The van der Waals surface area contributed by atoms with Gasteiger partial charge in [0.05, 0.1) is 11.3 Å². The van der Waals surface area contributed by atoms with Crippen molar-refractivity contribution < 1.29 is 4.79 Å². The maximum atomic E-state index is 11.8. The molecule has 0 aliphatic heterocycles. The molecule has 2 aromatic rings. The van der Waals surface area contributed by atoms with E-state index in [4.69, 9.17) is 0 Å². The first kappa shape index (κ1) is 10.6. The highest BCUT2D eigenvalue weighted by Crippen LogP contribution is 2.21. The van der Waals surface area contributed by atoms with E-state index in [9.17, 15) is 4.79 Å². The number of hydrogen-bond donors (Lipinski definition) is 0. The number of rotatable bonds is 3. The number of halogens is 1. The summed E-state index contributed by atoms with van der Waals surface area (Å²) < 4.78 is 2.82. The number of carbonyl (C=O) groups is 1. The Hall–Kier alpha value is -0.940. The number of hydrogen-bond acceptors (Lipinski definition) is 3. The molecule has 0 aliphatic carbocycles. The average molecular weight is 285 g/mol. The van der Waals surface area contributed by atoms with Crippen LogP contribution in [0, 0.1) is 0 Å². The lowest BCUT2D eigenvalue weighted by Crippen LogP contribution is -2.06. The predicted molar refractivity (Wildman–Crippen MR) is 63.3 cm³/mol. The molecule has 2 aromatic heterocycles. The molecule has 5 heteroatoms. The molecular formula is C10H9BrN2OS. The summed E-state index contributed by atoms with van der Waals surface area (Å²) in [5.41, 5.74) is 0. The van der Waals surface area contributed by atoms with Gasteiger partial charge in [-0.1, -0.05) is 0 Å². The summed E-state index contributed by atoms with van der Waals surface area (Å²) in [4.78, 5) is 16.7. The fraction of sp³-hybridized carbons (Fsp3) is 0.200. The number of Topliss-reactive ketones (excluding diaryl/α,β-unsaturated/α-hetero) is 1. The van der Waals surface area contributed by atoms with Crippen LogP contribution in [0.1, 0.15) is 15.5 Å². The summed E-state index contributed by atoms with van der Waals surface area (Å²) in [7, 11) is 1.89. The van der Waals surface area contributed by atoms with Crippen LogP contribution in [0.15, 0.2) is 28.3 Å². The lowest BCUT2D eigenvalue weighted by molar-refractivity contribution is 0.0994. The molecule has 0 amide bonds. The van der Waals surface area contributed by atoms with Crippen molar-refractivity contribution in [2.45, 2.75) is 6.42 Å². The van der Waals surface area contributed by atoms with Crippen LogP contribution in [0.5, 0.6) is 0 Å². The highest BCUT2D eigenvalue weighted by Gasteiger charge is 2.11. The Morgan fingerprint density at radius 3 is 3.00 bits per heavy atom. The van der Waals surface area contributed by atoms with E-state index in [1.165, 1.54) is 11.3 Å². The second-order valence-corrected chi connectivity index (χ2v) is 5.01. The van der Waals surface area contributed by atoms with Gasteiger partial charge in [0.2, 0.25) is 0 Å². The second-order valence-electron chi connectivity index (χ2n) is 3.18. The molecule has 0 spiro atoms. The molecule has 0 fully saturated rings. The third kappa shape index (κ3) is 2.35. The molecule has 0 saturated heterocycles. The van der Waals surface area contributed by atoms with E-state index in [1.807, 2.05) is 29.3 Å². The van der Waals surface area contributed by atoms with Gasteiger partial charge in [-0.3, -0.25) is 4.79 Å². The standard InChI is InChI=1S/C10H9BrN2OS/c1-13-3-2-12-10(13)5-8(14)9-4-7(11)6-15-9/h2-4,6H,5H2,1H3. The zero-order chi connectivity index (χ0) is 10.8. The fourth-order valence-electron chi connectivity index (χ4n) is 1.26. The van der Waals surface area contributed by atoms with E-state index >= 15 is 0 Å². The molecule has 0 atom stereocenters. The maximum absolute atomic E-state index is 11.8. The minimum absolute atomic E-state index is 0.111. The number of aromatic nitrogens is 2. The molecule has 0 radical (unpaired) electrons. The smallest absolute Gasteiger partial charge is 0.180 e. The van der Waals surface area contributed by atoms with Crippen LogP contribution in [-0.2, 0) is 13.5 Å². The molecule has 3 nitrogen and oxygen atoms in total. The summed E-state index contributed by atoms with van der Waals surface area (Å²) in [5, 5.41) is 1.91. The average Bonchev–Trinajstić information content (AvgIpc) is 2.77. The summed E-state index contributed by atoms with van der Waals surface area (Å²) in [6.07, 6.45) is 3.90. The Morgan fingerprint density at radius 1 is 1.67 bits per heavy atom. The van der Waals surface area contributed by atoms with Crippen molar-refractivity contribution in [1.29, 1.82) is 0 Å². The van der Waals surface area contributed by atoms with Crippen molar-refractivity contribution in [3.63, 3.8) is 0 Å². The Kier molecular flexibility index (Phi) is 3.02. The van der Waals surface area contributed by atoms with Gasteiger partial charge in [0.25, 0.3) is 0 Å². The zero-order valence-electron chi connectivity index (χ0n) is 8.11. The Bertz CT molecular complexity index is 489. The molecule has 0 aliphatic rings. The van der Waals surface area contributed by atoms with Crippen molar-refractivity contribution in [3.8, 4) is 0 Å². The molecule has 0 aromatic carbocycles. The lowest BCUT2D eigenvalue weighted by atomic mass is 10.2. The second kappa shape index (κ2) is 4.28. The molecule has 0 N–H and O–H groups in total. The van der Waals surface area contributed by atoms with Crippen molar-refractivity contribution in [1.82, 2.24) is 9.55 Å². The van der Waals surface area contributed by atoms with Gasteiger partial charge in [0, 0.05) is 29.3 Å². The highest BCUT2D eigenvalue weighted by molar-refractivity contribution is 9.10. The van der Waals surface area contributed by atoms with Crippen LogP contribution in [0.25, 0.3) is 0 Å². The molecule has 78 valence electrons. The first-order valence-corrected chi connectivity index (χ1v) is 6.07. The number of carbonyl (C=O) groups excluding carboxylic acids is 1. The van der Waals surface area contributed by atoms with Gasteiger partial charge in [-0.05, 0) is 22.0 Å². The summed E-state index contributed by atoms with van der Waals surface area (Å²) >= 11 is 4.78. The van der Waals surface area contributed by atoms with Crippen LogP contribution in [0.3, 0.4) is 0 Å². The number of ketones is 1. The molecule has 0 bridgehead atoms. The van der Waals surface area contributed by atoms with Crippen LogP contribution in [0.2, 0.25) is 0 Å². The van der Waals surface area contributed by atoms with Gasteiger partial charge in [-0.15, -0.1) is 11.3 Å². The van der Waals surface area contributed by atoms with Gasteiger partial charge in [-0.2, -0.15) is 0 Å². The fourth-order valence-corrected chi connectivity index (χ4v) is 2.62. The van der Waals surface area contributed by atoms with E-state index in [-0.39, 0.29) is 5.78 Å². The number of thiophene rings is 1. The topological polar surface area (TPSA) is 34.9 Å². The van der Waals surface area contributed by atoms with Gasteiger partial charge < -0.3 is 4.57 Å². The van der Waals surface area contributed by atoms with Crippen LogP contribution >= 0.6 is 27.3 Å². The van der Waals surface area contributed by atoms with E-state index < -0.39 is 0 Å². The van der Waals surface area contributed by atoms with E-state index in [0.29, 0.717) is 6.42 Å². The Balaban J connectivity index is 2.14. The molecule has 15 heavy (non-hydrogen) atoms. The minimum Gasteiger partial charge on any atom is -0.338 e. The number of nitrogens with zero attached hydrogens (tertiary/aromatic N) is 2. The van der Waals surface area contributed by atoms with Crippen molar-refractivity contribution in [2.24, 2.45) is 7.05 Å². The summed E-state index contributed by atoms with van der Waals surface area (Å²) in [6.45, 7) is 0. The molecule has 0 unspecified atom stereocenters. The predicted octanol–water partition coefficient (Wildman–Crippen LogP) is 2.67. The van der Waals surface area contributed by atoms with E-state index in [0.717, 1.165) is 15.2 Å². The van der Waals surface area contributed by atoms with Gasteiger partial charge >= 0.3 is 0 Å². The normalized spacial score (nSPS) is 10.5. The molecule has 0 saturated carbocycles. The van der Waals surface area contributed by atoms with Gasteiger partial charge in [-0.25, -0.2) is 4.98 Å². The Labute approximate surface area is 99.9 Å². The zero-order valence-corrected chi connectivity index (χ0v) is 10.5. The number of imidazole rings is 1. The quantitative estimate of drug-likeness (QED) is 0.813. The maximum Gasteiger partial charge on any atom is 0.180 e. The molecular weight excluding hydrogens is 276 g/mol. The minimum atomic E-state index is 0.111. The summed E-state index contributed by atoms with van der Waals surface area (Å²) in [5.74, 6) is 0.907. The number of aryl methyl sites for hydroxylation is 1. The SMILES string of the molecule is Cn1ccnc1CC(=O)c1cc(Br)cs1. The first-order valence-electron chi connectivity index (χ1n) is 4.40. The Morgan fingerprint density at radius 2 is 2.47 bits per heavy atom.